The SMILES string of the molecule is C[C@@H](CCC(=O)NCCS(=O)(=O)O)[C@H]1CC[C@H]2[C@@H]3[C@@H](CCCCCCC[C@H]4CC5C[C@H](O)CC[C@]5(C)[C@H]5CC[C@]6(C)[C@@H]([C@@H](C)CCC(=O)NCCS(=O)(=O)O)CC[C@H]6[C@H]45)CC4C[C@H](O)CC[C@]4(C)[C@H]3CC[C@]12C. The molecule has 0 bridgehead atoms. The van der Waals surface area contributed by atoms with Gasteiger partial charge in [-0.3, -0.25) is 18.7 Å². The van der Waals surface area contributed by atoms with Crippen LogP contribution in [0.4, 0.5) is 0 Å². The first-order valence-electron chi connectivity index (χ1n) is 30.2. The zero-order valence-electron chi connectivity index (χ0n) is 46.2. The predicted octanol–water partition coefficient (Wildman–Crippen LogP) is 11.0. The minimum atomic E-state index is -4.11. The molecule has 8 aliphatic carbocycles. The number of carbonyl (C=O) groups is 2. The molecule has 8 fully saturated rings. The van der Waals surface area contributed by atoms with Gasteiger partial charge in [0.05, 0.1) is 23.7 Å². The molecule has 12 nitrogen and oxygen atoms in total. The fraction of sp³-hybridized carbons (Fsp3) is 0.966. The molecular formula is C59H102N2O10S2. The van der Waals surface area contributed by atoms with E-state index in [9.17, 15) is 36.6 Å². The number of hydrogen-bond donors (Lipinski definition) is 6. The van der Waals surface area contributed by atoms with Crippen molar-refractivity contribution in [3.8, 4) is 0 Å². The van der Waals surface area contributed by atoms with Crippen LogP contribution in [0.2, 0.25) is 0 Å². The van der Waals surface area contributed by atoms with E-state index in [4.69, 9.17) is 9.11 Å². The van der Waals surface area contributed by atoms with Crippen molar-refractivity contribution in [2.75, 3.05) is 24.6 Å². The first kappa shape index (κ1) is 57.8. The molecule has 8 aliphatic rings. The van der Waals surface area contributed by atoms with E-state index < -0.39 is 31.7 Å². The molecule has 6 N–H and O–H groups in total. The van der Waals surface area contributed by atoms with Crippen molar-refractivity contribution in [2.45, 2.75) is 227 Å². The highest BCUT2D eigenvalue weighted by atomic mass is 32.2. The molecule has 0 spiro atoms. The molecule has 0 heterocycles. The van der Waals surface area contributed by atoms with Crippen LogP contribution in [0.1, 0.15) is 215 Å². The van der Waals surface area contributed by atoms with Crippen LogP contribution in [0.15, 0.2) is 0 Å². The van der Waals surface area contributed by atoms with Crippen LogP contribution in [-0.4, -0.2) is 84.8 Å². The number of nitrogens with one attached hydrogen (secondary N) is 2. The summed E-state index contributed by atoms with van der Waals surface area (Å²) in [6.45, 7) is 15.0. The van der Waals surface area contributed by atoms with Gasteiger partial charge in [-0.1, -0.05) is 86.5 Å². The largest absolute Gasteiger partial charge is 0.393 e. The van der Waals surface area contributed by atoms with E-state index >= 15 is 0 Å². The van der Waals surface area contributed by atoms with Crippen LogP contribution in [0.25, 0.3) is 0 Å². The minimum absolute atomic E-state index is 0.0608. The molecular weight excluding hydrogens is 961 g/mol. The second-order valence-corrected chi connectivity index (χ2v) is 31.1. The second kappa shape index (κ2) is 23.2. The highest BCUT2D eigenvalue weighted by Crippen LogP contribution is 2.72. The Hall–Kier alpha value is -1.32. The molecule has 0 aliphatic heterocycles. The van der Waals surface area contributed by atoms with Gasteiger partial charge < -0.3 is 20.8 Å². The molecule has 420 valence electrons. The number of rotatable bonds is 22. The maximum absolute atomic E-state index is 12.7. The Labute approximate surface area is 442 Å². The van der Waals surface area contributed by atoms with Crippen LogP contribution < -0.4 is 10.6 Å². The normalized spacial score (nSPS) is 43.0. The molecule has 73 heavy (non-hydrogen) atoms. The summed E-state index contributed by atoms with van der Waals surface area (Å²) in [4.78, 5) is 25.4. The fourth-order valence-corrected chi connectivity index (χ4v) is 21.4. The average Bonchev–Trinajstić information content (AvgIpc) is 3.86. The van der Waals surface area contributed by atoms with Gasteiger partial charge in [-0.05, 0) is 220 Å². The highest BCUT2D eigenvalue weighted by Gasteiger charge is 2.64. The molecule has 8 rings (SSSR count). The number of carbonyl (C=O) groups excluding carboxylic acids is 2. The quantitative estimate of drug-likeness (QED) is 0.0447. The smallest absolute Gasteiger partial charge is 0.266 e. The van der Waals surface area contributed by atoms with Crippen molar-refractivity contribution in [1.82, 2.24) is 10.6 Å². The molecule has 20 atom stereocenters. The topological polar surface area (TPSA) is 207 Å². The lowest BCUT2D eigenvalue weighted by Crippen LogP contribution is -2.57. The Morgan fingerprint density at radius 3 is 1.25 bits per heavy atom. The molecule has 8 saturated carbocycles. The van der Waals surface area contributed by atoms with E-state index in [1.165, 1.54) is 109 Å². The summed E-state index contributed by atoms with van der Waals surface area (Å²) < 4.78 is 62.9. The lowest BCUT2D eigenvalue weighted by atomic mass is 9.42. The van der Waals surface area contributed by atoms with Crippen molar-refractivity contribution in [1.29, 1.82) is 0 Å². The summed E-state index contributed by atoms with van der Waals surface area (Å²) >= 11 is 0. The van der Waals surface area contributed by atoms with Gasteiger partial charge in [0.15, 0.2) is 0 Å². The van der Waals surface area contributed by atoms with Crippen LogP contribution >= 0.6 is 0 Å². The molecule has 2 amide bonds. The van der Waals surface area contributed by atoms with Gasteiger partial charge in [-0.2, -0.15) is 16.8 Å². The lowest BCUT2D eigenvalue weighted by Gasteiger charge is -2.63. The molecule has 0 aromatic heterocycles. The molecule has 14 heteroatoms. The summed E-state index contributed by atoms with van der Waals surface area (Å²) in [5.41, 5.74) is 1.12. The van der Waals surface area contributed by atoms with E-state index in [0.717, 1.165) is 75.0 Å². The Morgan fingerprint density at radius 2 is 0.863 bits per heavy atom. The standard InChI is InChI=1S/C59H102N2O10S2/c1-38(14-20-52(64)60-30-32-72(66,67)68)46-16-18-48-54-40(34-42-36-44(62)22-26-56(42,3)50(54)24-28-58(46,48)5)12-10-8-7-9-11-13-41-35-43-37-45(63)23-27-57(43,4)51-25-29-59(6)47(17-19-49(59)55(41)51)39(2)15-21-53(65)61-31-33-73(69,70)71/h38-51,54-55,62-63H,7-37H2,1-6H3,(H,60,64)(H,61,65)(H,66,67,68)(H,69,70,71)/t38-,39-,40-,41-,42?,43?,44+,45+,46+,47+,48-,49-,50-,51-,54-,55-,56-,57-,58+,59+/m0/s1. The number of fused-ring (bicyclic) bond motifs is 10. The van der Waals surface area contributed by atoms with E-state index in [2.05, 4.69) is 52.2 Å². The Bertz CT molecular complexity index is 1980. The van der Waals surface area contributed by atoms with E-state index in [-0.39, 0.29) is 47.9 Å². The maximum atomic E-state index is 12.7. The molecule has 0 saturated heterocycles. The summed E-state index contributed by atoms with van der Waals surface area (Å²) in [5.74, 6) is 7.65. The maximum Gasteiger partial charge on any atom is 0.266 e. The van der Waals surface area contributed by atoms with Crippen LogP contribution in [0.3, 0.4) is 0 Å². The number of hydrogen-bond acceptors (Lipinski definition) is 8. The van der Waals surface area contributed by atoms with Crippen molar-refractivity contribution in [3.63, 3.8) is 0 Å². The van der Waals surface area contributed by atoms with Crippen LogP contribution in [-0.2, 0) is 29.8 Å². The van der Waals surface area contributed by atoms with Crippen molar-refractivity contribution in [2.24, 2.45) is 105 Å². The summed E-state index contributed by atoms with van der Waals surface area (Å²) in [5, 5.41) is 27.4. The summed E-state index contributed by atoms with van der Waals surface area (Å²) in [6.07, 6.45) is 29.7. The molecule has 2 unspecified atom stereocenters. The van der Waals surface area contributed by atoms with E-state index in [1.807, 2.05) is 0 Å². The fourth-order valence-electron chi connectivity index (χ4n) is 20.6. The third-order valence-corrected chi connectivity index (χ3v) is 25.8. The molecule has 0 radical (unpaired) electrons. The number of aliphatic hydroxyl groups is 2. The second-order valence-electron chi connectivity index (χ2n) is 27.9. The van der Waals surface area contributed by atoms with Crippen molar-refractivity contribution >= 4 is 32.1 Å². The summed E-state index contributed by atoms with van der Waals surface area (Å²) in [7, 11) is -8.21. The first-order valence-corrected chi connectivity index (χ1v) is 33.4. The van der Waals surface area contributed by atoms with E-state index in [1.54, 1.807) is 0 Å². The van der Waals surface area contributed by atoms with Crippen molar-refractivity contribution < 1.29 is 45.7 Å². The molecule has 0 aromatic rings. The average molecular weight is 1060 g/mol. The van der Waals surface area contributed by atoms with Gasteiger partial charge in [0, 0.05) is 25.9 Å². The number of unbranched alkanes of at least 4 members (excludes halogenated alkanes) is 4. The van der Waals surface area contributed by atoms with Gasteiger partial charge in [0.2, 0.25) is 11.8 Å². The van der Waals surface area contributed by atoms with Gasteiger partial charge in [0.1, 0.15) is 0 Å². The number of amides is 2. The summed E-state index contributed by atoms with van der Waals surface area (Å²) in [6, 6.07) is 0. The Balaban J connectivity index is 0.867. The Kier molecular flexibility index (Phi) is 18.4. The zero-order chi connectivity index (χ0) is 52.7. The Morgan fingerprint density at radius 1 is 0.507 bits per heavy atom. The third-order valence-electron chi connectivity index (χ3n) is 24.3. The van der Waals surface area contributed by atoms with E-state index in [0.29, 0.717) is 82.9 Å². The zero-order valence-corrected chi connectivity index (χ0v) is 47.8. The van der Waals surface area contributed by atoms with Gasteiger partial charge >= 0.3 is 0 Å². The van der Waals surface area contributed by atoms with Crippen LogP contribution in [0.5, 0.6) is 0 Å². The molecule has 0 aromatic carbocycles. The van der Waals surface area contributed by atoms with Gasteiger partial charge in [0.25, 0.3) is 20.2 Å². The highest BCUT2D eigenvalue weighted by molar-refractivity contribution is 7.86. The first-order chi connectivity index (χ1) is 34.4. The lowest BCUT2D eigenvalue weighted by molar-refractivity contribution is -0.155. The third kappa shape index (κ3) is 12.6. The monoisotopic (exact) mass is 1060 g/mol. The number of aliphatic hydroxyl groups excluding tert-OH is 2. The van der Waals surface area contributed by atoms with Gasteiger partial charge in [-0.15, -0.1) is 0 Å². The minimum Gasteiger partial charge on any atom is -0.393 e. The van der Waals surface area contributed by atoms with Crippen molar-refractivity contribution in [3.05, 3.63) is 0 Å². The van der Waals surface area contributed by atoms with Gasteiger partial charge in [-0.25, -0.2) is 0 Å². The predicted molar refractivity (Wildman–Crippen MR) is 288 cm³/mol. The van der Waals surface area contributed by atoms with Crippen LogP contribution in [0, 0.1) is 105 Å².